The largest absolute Gasteiger partial charge is 0.464 e. The number of hydrogen-bond donors (Lipinski definition) is 1. The highest BCUT2D eigenvalue weighted by atomic mass is 32.2. The number of nitrogens with two attached hydrogens (primary N) is 1. The lowest BCUT2D eigenvalue weighted by atomic mass is 10.1. The number of ether oxygens (including phenoxy) is 2. The maximum Gasteiger partial charge on any atom is 0.332 e. The summed E-state index contributed by atoms with van der Waals surface area (Å²) in [4.78, 5) is 26.0. The minimum Gasteiger partial charge on any atom is -0.464 e. The van der Waals surface area contributed by atoms with Gasteiger partial charge in [0, 0.05) is 24.9 Å². The van der Waals surface area contributed by atoms with Crippen molar-refractivity contribution in [2.75, 3.05) is 31.3 Å². The summed E-state index contributed by atoms with van der Waals surface area (Å²) in [6, 6.07) is -1.08. The molecule has 0 aromatic carbocycles. The molecule has 7 heteroatoms. The van der Waals surface area contributed by atoms with Crippen LogP contribution in [0, 0.1) is 0 Å². The summed E-state index contributed by atoms with van der Waals surface area (Å²) in [5.74, 6) is 0.949. The van der Waals surface area contributed by atoms with E-state index in [0.29, 0.717) is 6.54 Å². The molecule has 2 rings (SSSR count). The van der Waals surface area contributed by atoms with Crippen molar-refractivity contribution in [3.63, 3.8) is 0 Å². The number of nitrogens with zero attached hydrogens (tertiary/aromatic N) is 1. The molecule has 120 valence electrons. The SMILES string of the molecule is CCOC(=O)C(N)C(=O)N(CC1CCCO1)C1CCSC1. The lowest BCUT2D eigenvalue weighted by Crippen LogP contribution is -2.54. The first-order chi connectivity index (χ1) is 10.1. The van der Waals surface area contributed by atoms with E-state index in [9.17, 15) is 9.59 Å². The summed E-state index contributed by atoms with van der Waals surface area (Å²) in [6.07, 6.45) is 2.99. The Morgan fingerprint density at radius 1 is 1.48 bits per heavy atom. The summed E-state index contributed by atoms with van der Waals surface area (Å²) < 4.78 is 10.5. The van der Waals surface area contributed by atoms with Gasteiger partial charge in [0.25, 0.3) is 5.91 Å². The summed E-state index contributed by atoms with van der Waals surface area (Å²) in [6.45, 7) is 3.20. The minimum atomic E-state index is -1.23. The van der Waals surface area contributed by atoms with Crippen molar-refractivity contribution in [2.24, 2.45) is 5.73 Å². The number of hydrogen-bond acceptors (Lipinski definition) is 6. The van der Waals surface area contributed by atoms with Crippen LogP contribution >= 0.6 is 11.8 Å². The van der Waals surface area contributed by atoms with E-state index in [1.54, 1.807) is 11.8 Å². The third kappa shape index (κ3) is 4.34. The fourth-order valence-corrected chi connectivity index (χ4v) is 3.93. The molecular weight excluding hydrogens is 292 g/mol. The number of thioether (sulfide) groups is 1. The van der Waals surface area contributed by atoms with Gasteiger partial charge < -0.3 is 20.1 Å². The van der Waals surface area contributed by atoms with E-state index in [0.717, 1.165) is 37.4 Å². The molecule has 6 nitrogen and oxygen atoms in total. The molecule has 3 atom stereocenters. The molecule has 2 heterocycles. The second-order valence-corrected chi connectivity index (χ2v) is 6.52. The van der Waals surface area contributed by atoms with Gasteiger partial charge in [0.2, 0.25) is 0 Å². The van der Waals surface area contributed by atoms with E-state index in [2.05, 4.69) is 0 Å². The van der Waals surface area contributed by atoms with Crippen molar-refractivity contribution in [3.8, 4) is 0 Å². The summed E-state index contributed by atoms with van der Waals surface area (Å²) in [5.41, 5.74) is 5.78. The maximum absolute atomic E-state index is 12.6. The molecule has 0 aromatic rings. The second-order valence-electron chi connectivity index (χ2n) is 5.37. The molecule has 0 aromatic heterocycles. The molecule has 0 saturated carbocycles. The Balaban J connectivity index is 2.02. The van der Waals surface area contributed by atoms with Crippen molar-refractivity contribution >= 4 is 23.6 Å². The fraction of sp³-hybridized carbons (Fsp3) is 0.857. The molecule has 3 unspecified atom stereocenters. The minimum absolute atomic E-state index is 0.0638. The van der Waals surface area contributed by atoms with Crippen LogP contribution in [0.5, 0.6) is 0 Å². The summed E-state index contributed by atoms with van der Waals surface area (Å²) >= 11 is 1.82. The fourth-order valence-electron chi connectivity index (χ4n) is 2.71. The van der Waals surface area contributed by atoms with Gasteiger partial charge in [0.1, 0.15) is 0 Å². The topological polar surface area (TPSA) is 81.9 Å². The van der Waals surface area contributed by atoms with Gasteiger partial charge in [-0.25, -0.2) is 4.79 Å². The Morgan fingerprint density at radius 3 is 2.86 bits per heavy atom. The zero-order valence-electron chi connectivity index (χ0n) is 12.5. The zero-order valence-corrected chi connectivity index (χ0v) is 13.3. The number of carbonyl (C=O) groups is 2. The number of amides is 1. The van der Waals surface area contributed by atoms with Gasteiger partial charge in [-0.05, 0) is 31.9 Å². The predicted molar refractivity (Wildman–Crippen MR) is 81.0 cm³/mol. The molecule has 0 aliphatic carbocycles. The van der Waals surface area contributed by atoms with Gasteiger partial charge in [-0.15, -0.1) is 0 Å². The van der Waals surface area contributed by atoms with E-state index in [1.165, 1.54) is 0 Å². The Labute approximate surface area is 129 Å². The third-order valence-electron chi connectivity index (χ3n) is 3.86. The zero-order chi connectivity index (χ0) is 15.2. The van der Waals surface area contributed by atoms with Crippen LogP contribution in [0.1, 0.15) is 26.2 Å². The number of rotatable bonds is 6. The first-order valence-electron chi connectivity index (χ1n) is 7.55. The van der Waals surface area contributed by atoms with Gasteiger partial charge in [-0.1, -0.05) is 0 Å². The molecule has 2 aliphatic rings. The Bertz CT molecular complexity index is 368. The quantitative estimate of drug-likeness (QED) is 0.564. The van der Waals surface area contributed by atoms with E-state index in [1.807, 2.05) is 11.8 Å². The van der Waals surface area contributed by atoms with Crippen molar-refractivity contribution in [3.05, 3.63) is 0 Å². The van der Waals surface area contributed by atoms with Crippen LogP contribution in [0.15, 0.2) is 0 Å². The van der Waals surface area contributed by atoms with Crippen molar-refractivity contribution in [2.45, 2.75) is 44.4 Å². The molecule has 2 aliphatic heterocycles. The molecule has 0 bridgehead atoms. The van der Waals surface area contributed by atoms with Gasteiger partial charge in [-0.3, -0.25) is 4.79 Å². The predicted octanol–water partition coefficient (Wildman–Crippen LogP) is 0.390. The molecule has 2 fully saturated rings. The second kappa shape index (κ2) is 8.00. The normalized spacial score (nSPS) is 26.6. The van der Waals surface area contributed by atoms with Crippen LogP contribution in [0.25, 0.3) is 0 Å². The lowest BCUT2D eigenvalue weighted by molar-refractivity contribution is -0.152. The Morgan fingerprint density at radius 2 is 2.29 bits per heavy atom. The maximum atomic E-state index is 12.6. The lowest BCUT2D eigenvalue weighted by Gasteiger charge is -2.32. The average molecular weight is 316 g/mol. The van der Waals surface area contributed by atoms with Crippen LogP contribution in [0.3, 0.4) is 0 Å². The van der Waals surface area contributed by atoms with E-state index in [-0.39, 0.29) is 24.7 Å². The monoisotopic (exact) mass is 316 g/mol. The van der Waals surface area contributed by atoms with Gasteiger partial charge in [0.05, 0.1) is 12.7 Å². The van der Waals surface area contributed by atoms with Crippen LogP contribution in [0.4, 0.5) is 0 Å². The highest BCUT2D eigenvalue weighted by Crippen LogP contribution is 2.25. The number of esters is 1. The third-order valence-corrected chi connectivity index (χ3v) is 5.01. The van der Waals surface area contributed by atoms with Crippen LogP contribution in [0.2, 0.25) is 0 Å². The summed E-state index contributed by atoms with van der Waals surface area (Å²) in [7, 11) is 0. The van der Waals surface area contributed by atoms with Crippen molar-refractivity contribution in [1.29, 1.82) is 0 Å². The molecule has 2 N–H and O–H groups in total. The van der Waals surface area contributed by atoms with Gasteiger partial charge in [0.15, 0.2) is 6.04 Å². The van der Waals surface area contributed by atoms with E-state index >= 15 is 0 Å². The molecule has 1 amide bonds. The molecule has 0 radical (unpaired) electrons. The van der Waals surface area contributed by atoms with Crippen molar-refractivity contribution < 1.29 is 19.1 Å². The summed E-state index contributed by atoms with van der Waals surface area (Å²) in [5, 5.41) is 0. The molecular formula is C14H24N2O4S. The van der Waals surface area contributed by atoms with E-state index in [4.69, 9.17) is 15.2 Å². The van der Waals surface area contributed by atoms with Gasteiger partial charge in [-0.2, -0.15) is 11.8 Å². The van der Waals surface area contributed by atoms with Crippen LogP contribution < -0.4 is 5.73 Å². The van der Waals surface area contributed by atoms with Gasteiger partial charge >= 0.3 is 5.97 Å². The average Bonchev–Trinajstić information content (AvgIpc) is 3.16. The van der Waals surface area contributed by atoms with E-state index < -0.39 is 12.0 Å². The Hall–Kier alpha value is -0.790. The first kappa shape index (κ1) is 16.6. The first-order valence-corrected chi connectivity index (χ1v) is 8.71. The van der Waals surface area contributed by atoms with Crippen LogP contribution in [-0.4, -0.2) is 66.2 Å². The molecule has 0 spiro atoms. The molecule has 21 heavy (non-hydrogen) atoms. The van der Waals surface area contributed by atoms with Crippen LogP contribution in [-0.2, 0) is 19.1 Å². The highest BCUT2D eigenvalue weighted by Gasteiger charge is 2.35. The molecule has 2 saturated heterocycles. The highest BCUT2D eigenvalue weighted by molar-refractivity contribution is 7.99. The standard InChI is InChI=1S/C14H24N2O4S/c1-2-19-14(18)12(15)13(17)16(10-5-7-21-9-10)8-11-4-3-6-20-11/h10-12H,2-9,15H2,1H3. The Kier molecular flexibility index (Phi) is 6.32. The number of carbonyl (C=O) groups excluding carboxylic acids is 2. The van der Waals surface area contributed by atoms with Crippen molar-refractivity contribution in [1.82, 2.24) is 4.90 Å². The smallest absolute Gasteiger partial charge is 0.332 e.